The van der Waals surface area contributed by atoms with Gasteiger partial charge in [-0.25, -0.2) is 4.79 Å². The number of hydrogen-bond acceptors (Lipinski definition) is 3. The van der Waals surface area contributed by atoms with Crippen molar-refractivity contribution in [2.45, 2.75) is 50.5 Å². The summed E-state index contributed by atoms with van der Waals surface area (Å²) >= 11 is 6.06. The predicted octanol–water partition coefficient (Wildman–Crippen LogP) is 3.36. The highest BCUT2D eigenvalue weighted by Crippen LogP contribution is 2.30. The third kappa shape index (κ3) is 4.68. The Hall–Kier alpha value is -1.79. The molecular weight excluding hydrogens is 352 g/mol. The largest absolute Gasteiger partial charge is 0.366 e. The lowest BCUT2D eigenvalue weighted by atomic mass is 9.81. The van der Waals surface area contributed by atoms with Crippen LogP contribution in [-0.4, -0.2) is 42.0 Å². The van der Waals surface area contributed by atoms with Crippen LogP contribution in [0.5, 0.6) is 0 Å². The van der Waals surface area contributed by atoms with Crippen LogP contribution in [0.25, 0.3) is 0 Å². The standard InChI is InChI=1S/C19H27ClN4O2/c20-16-12-14(6-7-15(16)17(21)25)22-18(26)23-19(8-2-1-3-9-19)13-24-10-4-5-11-24/h6-7,12H,1-5,8-11,13H2,(H2,21,25)(H2,22,23,26). The van der Waals surface area contributed by atoms with Crippen LogP contribution in [0, 0.1) is 0 Å². The third-order valence-corrected chi connectivity index (χ3v) is 5.72. The van der Waals surface area contributed by atoms with Crippen molar-refractivity contribution in [1.82, 2.24) is 10.2 Å². The molecule has 1 saturated heterocycles. The average Bonchev–Trinajstić information content (AvgIpc) is 3.07. The molecule has 2 aliphatic rings. The summed E-state index contributed by atoms with van der Waals surface area (Å²) in [5.41, 5.74) is 5.89. The normalized spacial score (nSPS) is 19.9. The van der Waals surface area contributed by atoms with Crippen molar-refractivity contribution < 1.29 is 9.59 Å². The minimum Gasteiger partial charge on any atom is -0.366 e. The molecule has 0 spiro atoms. The molecule has 26 heavy (non-hydrogen) atoms. The maximum Gasteiger partial charge on any atom is 0.319 e. The van der Waals surface area contributed by atoms with Gasteiger partial charge in [0.05, 0.1) is 16.1 Å². The van der Waals surface area contributed by atoms with E-state index in [1.54, 1.807) is 12.1 Å². The lowest BCUT2D eigenvalue weighted by Crippen LogP contribution is -2.57. The summed E-state index contributed by atoms with van der Waals surface area (Å²) in [5, 5.41) is 6.31. The van der Waals surface area contributed by atoms with Crippen molar-refractivity contribution in [2.24, 2.45) is 5.73 Å². The molecule has 2 fully saturated rings. The van der Waals surface area contributed by atoms with E-state index in [0.29, 0.717) is 5.69 Å². The van der Waals surface area contributed by atoms with Gasteiger partial charge in [-0.1, -0.05) is 30.9 Å². The van der Waals surface area contributed by atoms with Crippen molar-refractivity contribution in [3.8, 4) is 0 Å². The van der Waals surface area contributed by atoms with E-state index in [9.17, 15) is 9.59 Å². The smallest absolute Gasteiger partial charge is 0.319 e. The molecule has 0 unspecified atom stereocenters. The van der Waals surface area contributed by atoms with Gasteiger partial charge in [-0.05, 0) is 57.0 Å². The summed E-state index contributed by atoms with van der Waals surface area (Å²) in [6.07, 6.45) is 8.03. The van der Waals surface area contributed by atoms with Gasteiger partial charge in [0.15, 0.2) is 0 Å². The summed E-state index contributed by atoms with van der Waals surface area (Å²) in [6.45, 7) is 3.16. The van der Waals surface area contributed by atoms with Crippen LogP contribution in [0.1, 0.15) is 55.3 Å². The fourth-order valence-corrected chi connectivity index (χ4v) is 4.39. The van der Waals surface area contributed by atoms with E-state index in [1.165, 1.54) is 25.3 Å². The first kappa shape index (κ1) is 19.0. The zero-order valence-corrected chi connectivity index (χ0v) is 15.8. The van der Waals surface area contributed by atoms with Crippen molar-refractivity contribution in [1.29, 1.82) is 0 Å². The molecule has 1 aromatic carbocycles. The first-order valence-corrected chi connectivity index (χ1v) is 9.76. The van der Waals surface area contributed by atoms with Crippen LogP contribution in [-0.2, 0) is 0 Å². The zero-order valence-electron chi connectivity index (χ0n) is 15.0. The first-order valence-electron chi connectivity index (χ1n) is 9.38. The van der Waals surface area contributed by atoms with Crippen molar-refractivity contribution in [3.05, 3.63) is 28.8 Å². The van der Waals surface area contributed by atoms with Gasteiger partial charge in [0.25, 0.3) is 0 Å². The summed E-state index contributed by atoms with van der Waals surface area (Å²) < 4.78 is 0. The van der Waals surface area contributed by atoms with Crippen LogP contribution >= 0.6 is 11.6 Å². The Bertz CT molecular complexity index is 668. The number of hydrogen-bond donors (Lipinski definition) is 3. The molecular formula is C19H27ClN4O2. The summed E-state index contributed by atoms with van der Waals surface area (Å²) in [4.78, 5) is 26.3. The van der Waals surface area contributed by atoms with E-state index < -0.39 is 5.91 Å². The Morgan fingerprint density at radius 2 is 1.81 bits per heavy atom. The van der Waals surface area contributed by atoms with E-state index >= 15 is 0 Å². The van der Waals surface area contributed by atoms with Crippen LogP contribution in [0.2, 0.25) is 5.02 Å². The maximum absolute atomic E-state index is 12.6. The van der Waals surface area contributed by atoms with Gasteiger partial charge in [0.1, 0.15) is 0 Å². The molecule has 6 nitrogen and oxygen atoms in total. The number of amides is 3. The average molecular weight is 379 g/mol. The molecule has 3 rings (SSSR count). The second-order valence-electron chi connectivity index (χ2n) is 7.46. The Morgan fingerprint density at radius 3 is 2.42 bits per heavy atom. The number of nitrogens with two attached hydrogens (primary N) is 1. The van der Waals surface area contributed by atoms with E-state index in [2.05, 4.69) is 15.5 Å². The number of rotatable bonds is 5. The van der Waals surface area contributed by atoms with E-state index in [1.807, 2.05) is 0 Å². The minimum absolute atomic E-state index is 0.163. The first-order chi connectivity index (χ1) is 12.5. The molecule has 0 bridgehead atoms. The van der Waals surface area contributed by atoms with Crippen molar-refractivity contribution in [3.63, 3.8) is 0 Å². The molecule has 3 amide bonds. The molecule has 4 N–H and O–H groups in total. The van der Waals surface area contributed by atoms with Crippen molar-refractivity contribution >= 4 is 29.2 Å². The summed E-state index contributed by atoms with van der Waals surface area (Å²) in [7, 11) is 0. The van der Waals surface area contributed by atoms with Crippen molar-refractivity contribution in [2.75, 3.05) is 25.0 Å². The Kier molecular flexibility index (Phi) is 6.04. The van der Waals surface area contributed by atoms with Gasteiger partial charge in [0.2, 0.25) is 5.91 Å². The molecule has 0 atom stereocenters. The van der Waals surface area contributed by atoms with Crippen LogP contribution < -0.4 is 16.4 Å². The van der Waals surface area contributed by atoms with Gasteiger partial charge in [-0.2, -0.15) is 0 Å². The number of carbonyl (C=O) groups excluding carboxylic acids is 2. The number of anilines is 1. The highest BCUT2D eigenvalue weighted by atomic mass is 35.5. The highest BCUT2D eigenvalue weighted by molar-refractivity contribution is 6.34. The number of nitrogens with one attached hydrogen (secondary N) is 2. The second kappa shape index (κ2) is 8.27. The number of nitrogens with zero attached hydrogens (tertiary/aromatic N) is 1. The predicted molar refractivity (Wildman–Crippen MR) is 104 cm³/mol. The monoisotopic (exact) mass is 378 g/mol. The number of benzene rings is 1. The van der Waals surface area contributed by atoms with Crippen LogP contribution in [0.15, 0.2) is 18.2 Å². The SMILES string of the molecule is NC(=O)c1ccc(NC(=O)NC2(CN3CCCC3)CCCCC2)cc1Cl. The molecule has 1 saturated carbocycles. The lowest BCUT2D eigenvalue weighted by molar-refractivity contribution is 0.100. The number of halogens is 1. The zero-order chi connectivity index (χ0) is 18.6. The molecule has 142 valence electrons. The Balaban J connectivity index is 1.65. The Morgan fingerprint density at radius 1 is 1.12 bits per heavy atom. The van der Waals surface area contributed by atoms with Gasteiger partial charge < -0.3 is 21.3 Å². The molecule has 0 aromatic heterocycles. The molecule has 1 aromatic rings. The van der Waals surface area contributed by atoms with E-state index in [4.69, 9.17) is 17.3 Å². The van der Waals surface area contributed by atoms with Gasteiger partial charge in [-0.3, -0.25) is 4.79 Å². The fraction of sp³-hybridized carbons (Fsp3) is 0.579. The highest BCUT2D eigenvalue weighted by Gasteiger charge is 2.36. The van der Waals surface area contributed by atoms with Gasteiger partial charge >= 0.3 is 6.03 Å². The number of likely N-dealkylation sites (tertiary alicyclic amines) is 1. The maximum atomic E-state index is 12.6. The quantitative estimate of drug-likeness (QED) is 0.734. The number of carbonyl (C=O) groups is 2. The fourth-order valence-electron chi connectivity index (χ4n) is 4.12. The van der Waals surface area contributed by atoms with Gasteiger partial charge in [-0.15, -0.1) is 0 Å². The minimum atomic E-state index is -0.585. The van der Waals surface area contributed by atoms with E-state index in [0.717, 1.165) is 45.3 Å². The van der Waals surface area contributed by atoms with Crippen LogP contribution in [0.4, 0.5) is 10.5 Å². The topological polar surface area (TPSA) is 87.5 Å². The Labute approximate surface area is 159 Å². The molecule has 7 heteroatoms. The number of urea groups is 1. The lowest BCUT2D eigenvalue weighted by Gasteiger charge is -2.40. The molecule has 1 heterocycles. The van der Waals surface area contributed by atoms with E-state index in [-0.39, 0.29) is 22.2 Å². The van der Waals surface area contributed by atoms with Crippen LogP contribution in [0.3, 0.4) is 0 Å². The molecule has 1 aliphatic carbocycles. The third-order valence-electron chi connectivity index (χ3n) is 5.41. The summed E-state index contributed by atoms with van der Waals surface area (Å²) in [5.74, 6) is -0.585. The number of primary amides is 1. The van der Waals surface area contributed by atoms with Gasteiger partial charge in [0, 0.05) is 12.2 Å². The molecule has 1 aliphatic heterocycles. The molecule has 0 radical (unpaired) electrons. The summed E-state index contributed by atoms with van der Waals surface area (Å²) in [6, 6.07) is 4.49. The second-order valence-corrected chi connectivity index (χ2v) is 7.87.